The summed E-state index contributed by atoms with van der Waals surface area (Å²) in [5.74, 6) is -4.25. The van der Waals surface area contributed by atoms with Crippen LogP contribution in [0.3, 0.4) is 0 Å². The fraction of sp³-hybridized carbons (Fsp3) is 0.543. The van der Waals surface area contributed by atoms with Gasteiger partial charge in [0.1, 0.15) is 30.2 Å². The molecule has 12 N–H and O–H groups in total. The summed E-state index contributed by atoms with van der Waals surface area (Å²) in [6, 6.07) is 12.3. The molecule has 0 bridgehead atoms. The van der Waals surface area contributed by atoms with Gasteiger partial charge in [0, 0.05) is 45.3 Å². The third kappa shape index (κ3) is 20.8. The van der Waals surface area contributed by atoms with E-state index in [1.54, 1.807) is 54.6 Å². The van der Waals surface area contributed by atoms with Crippen LogP contribution in [0.5, 0.6) is 0 Å². The Morgan fingerprint density at radius 1 is 0.773 bits per heavy atom. The van der Waals surface area contributed by atoms with Crippen molar-refractivity contribution in [3.05, 3.63) is 71.8 Å². The fourth-order valence-electron chi connectivity index (χ4n) is 7.25. The molecule has 362 valence electrons. The van der Waals surface area contributed by atoms with E-state index in [-0.39, 0.29) is 82.4 Å². The van der Waals surface area contributed by atoms with E-state index >= 15 is 0 Å². The zero-order valence-electron chi connectivity index (χ0n) is 38.4. The van der Waals surface area contributed by atoms with E-state index in [0.717, 1.165) is 0 Å². The molecule has 0 radical (unpaired) electrons. The first-order chi connectivity index (χ1) is 31.6. The highest BCUT2D eigenvalue weighted by atomic mass is 32.2. The molecule has 66 heavy (non-hydrogen) atoms. The number of hydrogen-bond acceptors (Lipinski definition) is 10. The first kappa shape index (κ1) is 54.2. The number of nitrogens with two attached hydrogens (primary N) is 3. The molecule has 0 saturated carbocycles. The van der Waals surface area contributed by atoms with Gasteiger partial charge in [-0.25, -0.2) is 0 Å². The lowest BCUT2D eigenvalue weighted by molar-refractivity contribution is -0.140. The summed E-state index contributed by atoms with van der Waals surface area (Å²) in [4.78, 5) is 114. The molecule has 1 heterocycles. The molecule has 8 amide bonds. The Morgan fingerprint density at radius 3 is 1.95 bits per heavy atom. The summed E-state index contributed by atoms with van der Waals surface area (Å²) >= 11 is 1.49. The lowest BCUT2D eigenvalue weighted by atomic mass is 10.0. The lowest BCUT2D eigenvalue weighted by Crippen LogP contribution is -2.59. The van der Waals surface area contributed by atoms with E-state index in [1.807, 2.05) is 26.2 Å². The Morgan fingerprint density at radius 2 is 1.36 bits per heavy atom. The Kier molecular flexibility index (Phi) is 24.1. The van der Waals surface area contributed by atoms with Crippen molar-refractivity contribution in [2.75, 3.05) is 38.2 Å². The predicted molar refractivity (Wildman–Crippen MR) is 254 cm³/mol. The number of rotatable bonds is 19. The largest absolute Gasteiger partial charge is 0.370 e. The summed E-state index contributed by atoms with van der Waals surface area (Å²) < 4.78 is 0. The zero-order chi connectivity index (χ0) is 48.4. The van der Waals surface area contributed by atoms with Crippen LogP contribution < -0.4 is 49.1 Å². The van der Waals surface area contributed by atoms with Gasteiger partial charge in [0.25, 0.3) is 0 Å². The number of carbonyl (C=O) groups is 8. The first-order valence-corrected chi connectivity index (χ1v) is 23.9. The number of aliphatic imine (C=N–C) groups is 1. The maximum atomic E-state index is 14.9. The third-order valence-electron chi connectivity index (χ3n) is 10.7. The normalized spacial score (nSPS) is 19.2. The van der Waals surface area contributed by atoms with E-state index in [4.69, 9.17) is 17.2 Å². The number of carbonyl (C=O) groups excluding carboxylic acids is 8. The molecule has 2 aromatic rings. The van der Waals surface area contributed by atoms with Crippen molar-refractivity contribution in [2.24, 2.45) is 28.1 Å². The molecule has 0 spiro atoms. The van der Waals surface area contributed by atoms with Gasteiger partial charge in [-0.1, -0.05) is 74.5 Å². The van der Waals surface area contributed by atoms with Gasteiger partial charge in [0.15, 0.2) is 5.96 Å². The number of hydrogen-bond donors (Lipinski definition) is 9. The maximum absolute atomic E-state index is 14.9. The molecule has 0 aromatic heterocycles. The monoisotopic (exact) mass is 936 g/mol. The Hall–Kier alpha value is -6.18. The minimum atomic E-state index is -1.26. The van der Waals surface area contributed by atoms with Crippen molar-refractivity contribution in [1.29, 1.82) is 0 Å². The molecular weight excluding hydrogens is 867 g/mol. The second kappa shape index (κ2) is 29.4. The molecular formula is C46H69N11O8S. The molecule has 5 atom stereocenters. The van der Waals surface area contributed by atoms with E-state index in [9.17, 15) is 38.4 Å². The van der Waals surface area contributed by atoms with Crippen LogP contribution >= 0.6 is 11.8 Å². The molecule has 2 aromatic carbocycles. The summed E-state index contributed by atoms with van der Waals surface area (Å²) in [5.41, 5.74) is 18.0. The fourth-order valence-corrected chi connectivity index (χ4v) is 7.72. The molecule has 2 unspecified atom stereocenters. The average Bonchev–Trinajstić information content (AvgIpc) is 3.27. The summed E-state index contributed by atoms with van der Waals surface area (Å²) in [7, 11) is 0. The molecule has 1 aliphatic heterocycles. The van der Waals surface area contributed by atoms with Crippen LogP contribution in [0.25, 0.3) is 0 Å². The number of amides is 8. The van der Waals surface area contributed by atoms with E-state index < -0.39 is 78.1 Å². The summed E-state index contributed by atoms with van der Waals surface area (Å²) in [6.45, 7) is 3.53. The Bertz CT molecular complexity index is 1930. The second-order valence-corrected chi connectivity index (χ2v) is 17.7. The van der Waals surface area contributed by atoms with Crippen LogP contribution in [0.2, 0.25) is 0 Å². The predicted octanol–water partition coefficient (Wildman–Crippen LogP) is 0.143. The summed E-state index contributed by atoms with van der Waals surface area (Å²) in [5, 5.41) is 16.7. The summed E-state index contributed by atoms with van der Waals surface area (Å²) in [6.07, 6.45) is 3.98. The maximum Gasteiger partial charge on any atom is 0.245 e. The topological polar surface area (TPSA) is 302 Å². The SMILES string of the molecule is CSCC[C@H](NC(=O)[C@H](CC(C)C)NC(=O)CN1CCCNC(=O)CCCCC(=O)NC(CCCN=C(N)N)C(=O)NC(Cc2ccccc2)C(=O)N[C@@H](Cc2ccccc2)C1=O)C(N)=O. The quantitative estimate of drug-likeness (QED) is 0.0519. The van der Waals surface area contributed by atoms with Crippen LogP contribution in [0, 0.1) is 5.92 Å². The standard InChI is InChI=1S/C46H69N11O8S/c1-30(2)26-35(43(63)54-33(41(47)61)21-25-66-3)53-40(60)29-57-24-13-23-50-38(58)19-10-11-20-39(59)52-34(18-12-22-51-46(48)49)42(62)55-36(27-31-14-6-4-7-15-31)44(64)56-37(45(57)65)28-32-16-8-5-9-17-32/h4-9,14-17,30,33-37H,10-13,18-29H2,1-3H3,(H2,47,61)(H,50,58)(H,52,59)(H,53,60)(H,54,63)(H,55,62)(H,56,64)(H4,48,49,51)/t33-,34?,35-,36?,37-/m0/s1. The Labute approximate surface area is 391 Å². The van der Waals surface area contributed by atoms with Gasteiger partial charge in [-0.3, -0.25) is 43.3 Å². The van der Waals surface area contributed by atoms with Crippen LogP contribution in [-0.4, -0.2) is 127 Å². The van der Waals surface area contributed by atoms with Crippen LogP contribution in [0.4, 0.5) is 0 Å². The van der Waals surface area contributed by atoms with Gasteiger partial charge in [-0.15, -0.1) is 0 Å². The van der Waals surface area contributed by atoms with Gasteiger partial charge in [-0.05, 0) is 74.0 Å². The van der Waals surface area contributed by atoms with Crippen molar-refractivity contribution in [1.82, 2.24) is 36.8 Å². The molecule has 19 nitrogen and oxygen atoms in total. The highest BCUT2D eigenvalue weighted by molar-refractivity contribution is 7.98. The minimum Gasteiger partial charge on any atom is -0.370 e. The number of benzene rings is 2. The second-order valence-electron chi connectivity index (χ2n) is 16.7. The number of nitrogens with zero attached hydrogens (tertiary/aromatic N) is 2. The minimum absolute atomic E-state index is 0.00131. The highest BCUT2D eigenvalue weighted by Gasteiger charge is 2.34. The molecule has 20 heteroatoms. The number of guanidine groups is 1. The van der Waals surface area contributed by atoms with Crippen LogP contribution in [-0.2, 0) is 51.2 Å². The van der Waals surface area contributed by atoms with Crippen molar-refractivity contribution in [3.63, 3.8) is 0 Å². The molecule has 3 rings (SSSR count). The van der Waals surface area contributed by atoms with Crippen molar-refractivity contribution >= 4 is 65.0 Å². The molecule has 1 aliphatic rings. The number of nitrogens with one attached hydrogen (secondary N) is 6. The van der Waals surface area contributed by atoms with E-state index in [1.165, 1.54) is 16.7 Å². The van der Waals surface area contributed by atoms with E-state index in [2.05, 4.69) is 36.9 Å². The molecule has 1 saturated heterocycles. The van der Waals surface area contributed by atoms with E-state index in [0.29, 0.717) is 42.6 Å². The zero-order valence-corrected chi connectivity index (χ0v) is 39.2. The van der Waals surface area contributed by atoms with Gasteiger partial charge in [0.05, 0.1) is 6.54 Å². The molecule has 0 aliphatic carbocycles. The smallest absolute Gasteiger partial charge is 0.245 e. The van der Waals surface area contributed by atoms with Crippen molar-refractivity contribution in [3.8, 4) is 0 Å². The van der Waals surface area contributed by atoms with Crippen LogP contribution in [0.1, 0.15) is 82.8 Å². The first-order valence-electron chi connectivity index (χ1n) is 22.5. The molecule has 1 fully saturated rings. The lowest BCUT2D eigenvalue weighted by Gasteiger charge is -2.30. The highest BCUT2D eigenvalue weighted by Crippen LogP contribution is 2.13. The number of thioether (sulfide) groups is 1. The average molecular weight is 936 g/mol. The van der Waals surface area contributed by atoms with Gasteiger partial charge in [-0.2, -0.15) is 11.8 Å². The number of primary amides is 1. The van der Waals surface area contributed by atoms with Crippen LogP contribution in [0.15, 0.2) is 65.7 Å². The Balaban J connectivity index is 2.03. The third-order valence-corrected chi connectivity index (χ3v) is 11.3. The van der Waals surface area contributed by atoms with Gasteiger partial charge < -0.3 is 54.0 Å². The van der Waals surface area contributed by atoms with Gasteiger partial charge >= 0.3 is 0 Å². The van der Waals surface area contributed by atoms with Gasteiger partial charge in [0.2, 0.25) is 47.3 Å². The van der Waals surface area contributed by atoms with Crippen molar-refractivity contribution < 1.29 is 38.4 Å². The van der Waals surface area contributed by atoms with Crippen molar-refractivity contribution in [2.45, 2.75) is 115 Å².